The molecule has 1 heterocycles. The van der Waals surface area contributed by atoms with Crippen molar-refractivity contribution in [3.63, 3.8) is 0 Å². The molecule has 6 heteroatoms. The van der Waals surface area contributed by atoms with Crippen LogP contribution in [-0.2, 0) is 0 Å². The van der Waals surface area contributed by atoms with Gasteiger partial charge in [-0.15, -0.1) is 11.8 Å². The van der Waals surface area contributed by atoms with Gasteiger partial charge < -0.3 is 10.7 Å². The highest BCUT2D eigenvalue weighted by Crippen LogP contribution is 2.29. The normalized spacial score (nSPS) is 10.4. The molecule has 2 rings (SSSR count). The van der Waals surface area contributed by atoms with Gasteiger partial charge in [-0.1, -0.05) is 11.8 Å². The number of hydrogen-bond acceptors (Lipinski definition) is 5. The predicted molar refractivity (Wildman–Crippen MR) is 71.6 cm³/mol. The van der Waals surface area contributed by atoms with Gasteiger partial charge >= 0.3 is 0 Å². The highest BCUT2D eigenvalue weighted by molar-refractivity contribution is 7.99. The molecule has 0 fully saturated rings. The number of nitrogen functional groups attached to an aromatic ring is 1. The molecular formula is C11H11N3OS2. The van der Waals surface area contributed by atoms with Gasteiger partial charge in [-0.05, 0) is 30.5 Å². The summed E-state index contributed by atoms with van der Waals surface area (Å²) in [4.78, 5) is 20.5. The quantitative estimate of drug-likeness (QED) is 0.833. The van der Waals surface area contributed by atoms with Crippen LogP contribution in [0.3, 0.4) is 0 Å². The number of benzene rings is 1. The molecule has 1 aromatic heterocycles. The molecule has 3 N–H and O–H groups in total. The Morgan fingerprint density at radius 3 is 2.47 bits per heavy atom. The van der Waals surface area contributed by atoms with Crippen molar-refractivity contribution in [3.05, 3.63) is 40.9 Å². The minimum atomic E-state index is -0.212. The van der Waals surface area contributed by atoms with E-state index in [-0.39, 0.29) is 11.4 Å². The van der Waals surface area contributed by atoms with Crippen molar-refractivity contribution in [2.75, 3.05) is 12.0 Å². The third kappa shape index (κ3) is 2.83. The highest BCUT2D eigenvalue weighted by Gasteiger charge is 2.07. The highest BCUT2D eigenvalue weighted by atomic mass is 32.2. The Labute approximate surface area is 107 Å². The van der Waals surface area contributed by atoms with E-state index in [0.717, 1.165) is 4.90 Å². The number of anilines is 1. The maximum atomic E-state index is 11.6. The number of rotatable bonds is 3. The molecule has 0 aliphatic rings. The third-order valence-electron chi connectivity index (χ3n) is 2.12. The topological polar surface area (TPSA) is 71.8 Å². The molecule has 0 bridgehead atoms. The first-order valence-corrected chi connectivity index (χ1v) is 6.90. The molecule has 0 spiro atoms. The monoisotopic (exact) mass is 265 g/mol. The summed E-state index contributed by atoms with van der Waals surface area (Å²) < 4.78 is 0. The van der Waals surface area contributed by atoms with Gasteiger partial charge in [0.15, 0.2) is 0 Å². The molecule has 1 aromatic carbocycles. The molecule has 0 saturated heterocycles. The summed E-state index contributed by atoms with van der Waals surface area (Å²) in [6.07, 6.45) is 3.32. The molecule has 17 heavy (non-hydrogen) atoms. The van der Waals surface area contributed by atoms with Crippen molar-refractivity contribution in [1.82, 2.24) is 9.97 Å². The zero-order valence-electron chi connectivity index (χ0n) is 9.14. The number of aromatic amines is 1. The van der Waals surface area contributed by atoms with Crippen LogP contribution in [0.2, 0.25) is 0 Å². The van der Waals surface area contributed by atoms with Crippen LogP contribution in [0.25, 0.3) is 0 Å². The summed E-state index contributed by atoms with van der Waals surface area (Å²) in [6, 6.07) is 7.94. The molecule has 0 amide bonds. The SMILES string of the molecule is CSc1ccc(Sc2c(N)nc[nH]c2=O)cc1. The van der Waals surface area contributed by atoms with Crippen molar-refractivity contribution in [3.8, 4) is 0 Å². The van der Waals surface area contributed by atoms with Crippen molar-refractivity contribution < 1.29 is 0 Å². The van der Waals surface area contributed by atoms with E-state index in [1.165, 1.54) is 23.0 Å². The van der Waals surface area contributed by atoms with Crippen LogP contribution in [-0.4, -0.2) is 16.2 Å². The number of thioether (sulfide) groups is 1. The van der Waals surface area contributed by atoms with E-state index < -0.39 is 0 Å². The number of aromatic nitrogens is 2. The van der Waals surface area contributed by atoms with Crippen molar-refractivity contribution >= 4 is 29.3 Å². The Balaban J connectivity index is 2.28. The summed E-state index contributed by atoms with van der Waals surface area (Å²) in [5, 5.41) is 0. The molecule has 88 valence electrons. The largest absolute Gasteiger partial charge is 0.383 e. The summed E-state index contributed by atoms with van der Waals surface area (Å²) in [7, 11) is 0. The second kappa shape index (κ2) is 5.29. The molecule has 0 unspecified atom stereocenters. The first-order chi connectivity index (χ1) is 8.20. The fourth-order valence-corrected chi connectivity index (χ4v) is 2.49. The lowest BCUT2D eigenvalue weighted by Gasteiger charge is -2.03. The lowest BCUT2D eigenvalue weighted by molar-refractivity contribution is 1.05. The van der Waals surface area contributed by atoms with Gasteiger partial charge in [0.05, 0.1) is 6.33 Å². The molecule has 0 saturated carbocycles. The van der Waals surface area contributed by atoms with Crippen LogP contribution in [0.1, 0.15) is 0 Å². The van der Waals surface area contributed by atoms with E-state index in [4.69, 9.17) is 5.73 Å². The van der Waals surface area contributed by atoms with E-state index in [9.17, 15) is 4.79 Å². The Morgan fingerprint density at radius 1 is 1.24 bits per heavy atom. The number of nitrogens with two attached hydrogens (primary N) is 1. The van der Waals surface area contributed by atoms with Gasteiger partial charge in [-0.2, -0.15) is 0 Å². The first kappa shape index (κ1) is 12.1. The fraction of sp³-hybridized carbons (Fsp3) is 0.0909. The van der Waals surface area contributed by atoms with Crippen LogP contribution >= 0.6 is 23.5 Å². The molecule has 0 atom stereocenters. The molecular weight excluding hydrogens is 254 g/mol. The summed E-state index contributed by atoms with van der Waals surface area (Å²) in [5.74, 6) is 0.257. The van der Waals surface area contributed by atoms with Crippen LogP contribution in [0.5, 0.6) is 0 Å². The lowest BCUT2D eigenvalue weighted by Crippen LogP contribution is -2.11. The molecule has 0 radical (unpaired) electrons. The second-order valence-electron chi connectivity index (χ2n) is 3.22. The summed E-state index contributed by atoms with van der Waals surface area (Å²) in [5.41, 5.74) is 5.46. The molecule has 0 aliphatic carbocycles. The van der Waals surface area contributed by atoms with Gasteiger partial charge in [-0.3, -0.25) is 4.79 Å². The van der Waals surface area contributed by atoms with E-state index in [1.54, 1.807) is 11.8 Å². The van der Waals surface area contributed by atoms with Gasteiger partial charge in [0, 0.05) is 9.79 Å². The van der Waals surface area contributed by atoms with Crippen molar-refractivity contribution in [2.24, 2.45) is 0 Å². The van der Waals surface area contributed by atoms with Crippen molar-refractivity contribution in [1.29, 1.82) is 0 Å². The Morgan fingerprint density at radius 2 is 1.88 bits per heavy atom. The fourth-order valence-electron chi connectivity index (χ4n) is 1.26. The van der Waals surface area contributed by atoms with Crippen LogP contribution in [0.4, 0.5) is 5.82 Å². The van der Waals surface area contributed by atoms with Crippen LogP contribution < -0.4 is 11.3 Å². The number of hydrogen-bond donors (Lipinski definition) is 2. The van der Waals surface area contributed by atoms with E-state index in [2.05, 4.69) is 9.97 Å². The van der Waals surface area contributed by atoms with Crippen molar-refractivity contribution in [2.45, 2.75) is 14.7 Å². The molecule has 4 nitrogen and oxygen atoms in total. The average molecular weight is 265 g/mol. The van der Waals surface area contributed by atoms with Gasteiger partial charge in [0.25, 0.3) is 5.56 Å². The Kier molecular flexibility index (Phi) is 3.75. The van der Waals surface area contributed by atoms with E-state index in [1.807, 2.05) is 30.5 Å². The average Bonchev–Trinajstić information content (AvgIpc) is 2.35. The smallest absolute Gasteiger partial charge is 0.266 e. The lowest BCUT2D eigenvalue weighted by atomic mass is 10.4. The standard InChI is InChI=1S/C11H11N3OS2/c1-16-7-2-4-8(5-3-7)17-9-10(12)13-6-14-11(9)15/h2-6H,1H3,(H3,12,13,14,15). The second-order valence-corrected chi connectivity index (χ2v) is 5.19. The Bertz CT molecular complexity index is 566. The minimum absolute atomic E-state index is 0.212. The third-order valence-corrected chi connectivity index (χ3v) is 3.97. The maximum absolute atomic E-state index is 11.6. The van der Waals surface area contributed by atoms with Gasteiger partial charge in [0.2, 0.25) is 0 Å². The zero-order valence-corrected chi connectivity index (χ0v) is 10.8. The number of nitrogens with zero attached hydrogens (tertiary/aromatic N) is 1. The van der Waals surface area contributed by atoms with E-state index >= 15 is 0 Å². The van der Waals surface area contributed by atoms with Crippen LogP contribution in [0.15, 0.2) is 50.1 Å². The predicted octanol–water partition coefficient (Wildman–Crippen LogP) is 2.23. The van der Waals surface area contributed by atoms with Gasteiger partial charge in [0.1, 0.15) is 10.7 Å². The summed E-state index contributed by atoms with van der Waals surface area (Å²) >= 11 is 3.00. The van der Waals surface area contributed by atoms with E-state index in [0.29, 0.717) is 4.90 Å². The first-order valence-electron chi connectivity index (χ1n) is 4.86. The number of H-pyrrole nitrogens is 1. The Hall–Kier alpha value is -1.40. The summed E-state index contributed by atoms with van der Waals surface area (Å²) in [6.45, 7) is 0. The molecule has 0 aliphatic heterocycles. The minimum Gasteiger partial charge on any atom is -0.383 e. The van der Waals surface area contributed by atoms with Crippen LogP contribution in [0, 0.1) is 0 Å². The van der Waals surface area contributed by atoms with Gasteiger partial charge in [-0.25, -0.2) is 4.98 Å². The maximum Gasteiger partial charge on any atom is 0.266 e. The molecule has 2 aromatic rings. The number of nitrogens with one attached hydrogen (secondary N) is 1. The zero-order chi connectivity index (χ0) is 12.3.